The van der Waals surface area contributed by atoms with Gasteiger partial charge in [-0.05, 0) is 79.6 Å². The van der Waals surface area contributed by atoms with Crippen molar-refractivity contribution in [3.05, 3.63) is 11.6 Å². The van der Waals surface area contributed by atoms with E-state index in [1.54, 1.807) is 0 Å². The highest BCUT2D eigenvalue weighted by Crippen LogP contribution is 2.67. The fraction of sp³-hybridized carbons (Fsp3) is 0.810. The molecule has 4 aliphatic rings. The van der Waals surface area contributed by atoms with Gasteiger partial charge in [0, 0.05) is 6.42 Å². The maximum absolute atomic E-state index is 11.9. The Morgan fingerprint density at radius 1 is 1.12 bits per heavy atom. The molecule has 0 unspecified atom stereocenters. The summed E-state index contributed by atoms with van der Waals surface area (Å²) < 4.78 is 0. The van der Waals surface area contributed by atoms with E-state index < -0.39 is 11.6 Å². The number of carboxylic acid groups (broad SMARTS) is 1. The molecule has 0 saturated heterocycles. The Hall–Kier alpha value is -1.16. The van der Waals surface area contributed by atoms with Crippen molar-refractivity contribution in [3.63, 3.8) is 0 Å². The molecule has 4 aliphatic carbocycles. The van der Waals surface area contributed by atoms with Crippen molar-refractivity contribution in [1.29, 1.82) is 0 Å². The van der Waals surface area contributed by atoms with Gasteiger partial charge in [-0.25, -0.2) is 0 Å². The summed E-state index contributed by atoms with van der Waals surface area (Å²) in [6, 6.07) is 0. The molecular formula is C21H30O4. The largest absolute Gasteiger partial charge is 0.481 e. The molecule has 4 rings (SSSR count). The van der Waals surface area contributed by atoms with Gasteiger partial charge in [0.15, 0.2) is 5.78 Å². The molecule has 0 spiro atoms. The maximum Gasteiger partial charge on any atom is 0.306 e. The zero-order valence-electron chi connectivity index (χ0n) is 15.4. The van der Waals surface area contributed by atoms with Crippen molar-refractivity contribution in [2.75, 3.05) is 0 Å². The van der Waals surface area contributed by atoms with E-state index in [4.69, 9.17) is 0 Å². The first-order valence-electron chi connectivity index (χ1n) is 9.88. The third kappa shape index (κ3) is 2.29. The zero-order valence-corrected chi connectivity index (χ0v) is 15.4. The Morgan fingerprint density at radius 2 is 1.84 bits per heavy atom. The van der Waals surface area contributed by atoms with Gasteiger partial charge in [0.2, 0.25) is 0 Å². The first-order valence-corrected chi connectivity index (χ1v) is 9.88. The van der Waals surface area contributed by atoms with E-state index in [1.807, 2.05) is 6.08 Å². The van der Waals surface area contributed by atoms with Crippen LogP contribution in [-0.4, -0.2) is 27.6 Å². The lowest BCUT2D eigenvalue weighted by atomic mass is 9.46. The van der Waals surface area contributed by atoms with Gasteiger partial charge in [-0.2, -0.15) is 0 Å². The summed E-state index contributed by atoms with van der Waals surface area (Å²) in [6.45, 7) is 4.49. The minimum atomic E-state index is -1.06. The number of allylic oxidation sites excluding steroid dienone is 1. The highest BCUT2D eigenvalue weighted by atomic mass is 16.4. The molecule has 4 nitrogen and oxygen atoms in total. The predicted octanol–water partition coefficient (Wildman–Crippen LogP) is 3.72. The number of ketones is 1. The summed E-state index contributed by atoms with van der Waals surface area (Å²) in [6.07, 6.45) is 8.99. The smallest absolute Gasteiger partial charge is 0.306 e. The van der Waals surface area contributed by atoms with E-state index in [1.165, 1.54) is 5.57 Å². The molecule has 0 bridgehead atoms. The number of hydrogen-bond donors (Lipinski definition) is 2. The van der Waals surface area contributed by atoms with E-state index in [-0.39, 0.29) is 23.0 Å². The molecule has 138 valence electrons. The van der Waals surface area contributed by atoms with Crippen LogP contribution in [0.2, 0.25) is 0 Å². The van der Waals surface area contributed by atoms with Crippen molar-refractivity contribution in [1.82, 2.24) is 0 Å². The number of rotatable bonds is 2. The van der Waals surface area contributed by atoms with Crippen molar-refractivity contribution in [2.24, 2.45) is 28.6 Å². The second-order valence-electron chi connectivity index (χ2n) is 9.57. The van der Waals surface area contributed by atoms with Crippen LogP contribution in [0.1, 0.15) is 71.6 Å². The quantitative estimate of drug-likeness (QED) is 0.799. The lowest BCUT2D eigenvalue weighted by molar-refractivity contribution is -0.158. The average Bonchev–Trinajstić information content (AvgIpc) is 2.79. The molecule has 3 saturated carbocycles. The molecule has 0 radical (unpaired) electrons. The fourth-order valence-corrected chi connectivity index (χ4v) is 7.21. The number of carbonyl (C=O) groups excluding carboxylic acids is 1. The molecule has 0 aromatic carbocycles. The maximum atomic E-state index is 11.9. The van der Waals surface area contributed by atoms with Gasteiger partial charge in [0.25, 0.3) is 0 Å². The number of hydrogen-bond acceptors (Lipinski definition) is 3. The summed E-state index contributed by atoms with van der Waals surface area (Å²) in [7, 11) is 0. The van der Waals surface area contributed by atoms with Gasteiger partial charge in [-0.15, -0.1) is 0 Å². The molecule has 2 N–H and O–H groups in total. The van der Waals surface area contributed by atoms with Crippen LogP contribution in [0.3, 0.4) is 0 Å². The Morgan fingerprint density at radius 3 is 2.56 bits per heavy atom. The van der Waals surface area contributed by atoms with E-state index in [0.717, 1.165) is 38.5 Å². The second kappa shape index (κ2) is 5.42. The van der Waals surface area contributed by atoms with Gasteiger partial charge in [0.1, 0.15) is 0 Å². The predicted molar refractivity (Wildman–Crippen MR) is 93.9 cm³/mol. The minimum Gasteiger partial charge on any atom is -0.481 e. The normalized spacial score (nSPS) is 49.0. The number of carbonyl (C=O) groups is 2. The van der Waals surface area contributed by atoms with Crippen LogP contribution < -0.4 is 0 Å². The molecule has 0 heterocycles. The SMILES string of the molecule is C[C@]12CCC(=O)C=C1CC[C@@H]1[C@@H]2CC[C@@]2(C)[C@H]1CC[C@]2(O)CC(=O)O. The Bertz CT molecular complexity index is 652. The number of carboxylic acids is 1. The van der Waals surface area contributed by atoms with Gasteiger partial charge in [-0.1, -0.05) is 19.4 Å². The Balaban J connectivity index is 1.66. The third-order valence-electron chi connectivity index (χ3n) is 8.73. The van der Waals surface area contributed by atoms with Gasteiger partial charge < -0.3 is 10.2 Å². The first kappa shape index (κ1) is 17.3. The molecule has 25 heavy (non-hydrogen) atoms. The summed E-state index contributed by atoms with van der Waals surface area (Å²) in [5, 5.41) is 20.5. The van der Waals surface area contributed by atoms with Gasteiger partial charge in [0.05, 0.1) is 12.0 Å². The highest BCUT2D eigenvalue weighted by Gasteiger charge is 2.64. The van der Waals surface area contributed by atoms with Crippen molar-refractivity contribution >= 4 is 11.8 Å². The molecule has 0 amide bonds. The van der Waals surface area contributed by atoms with Crippen molar-refractivity contribution in [2.45, 2.75) is 77.2 Å². The van der Waals surface area contributed by atoms with Gasteiger partial charge in [-0.3, -0.25) is 9.59 Å². The molecule has 0 aromatic rings. The molecule has 3 fully saturated rings. The van der Waals surface area contributed by atoms with Gasteiger partial charge >= 0.3 is 5.97 Å². The Kier molecular flexibility index (Phi) is 3.74. The molecule has 6 atom stereocenters. The van der Waals surface area contributed by atoms with E-state index in [9.17, 15) is 19.8 Å². The summed E-state index contributed by atoms with van der Waals surface area (Å²) in [5.74, 6) is 0.927. The topological polar surface area (TPSA) is 74.6 Å². The standard InChI is InChI=1S/C21H30O4/c1-19-8-5-14(22)11-13(19)3-4-15-16(19)6-9-20(2)17(15)7-10-21(20,25)12-18(23)24/h11,15-17,25H,3-10,12H2,1-2H3,(H,23,24)/t15-,16+,17+,19+,20+,21+/m1/s1. The number of fused-ring (bicyclic) bond motifs is 5. The summed E-state index contributed by atoms with van der Waals surface area (Å²) in [4.78, 5) is 23.2. The molecule has 4 heteroatoms. The molecule has 0 aliphatic heterocycles. The van der Waals surface area contributed by atoms with Crippen LogP contribution in [0.5, 0.6) is 0 Å². The van der Waals surface area contributed by atoms with Crippen LogP contribution in [-0.2, 0) is 9.59 Å². The van der Waals surface area contributed by atoms with Crippen molar-refractivity contribution < 1.29 is 19.8 Å². The second-order valence-corrected chi connectivity index (χ2v) is 9.57. The van der Waals surface area contributed by atoms with E-state index in [0.29, 0.717) is 30.6 Å². The lowest BCUT2D eigenvalue weighted by Gasteiger charge is -2.59. The van der Waals surface area contributed by atoms with Crippen LogP contribution in [0, 0.1) is 28.6 Å². The number of aliphatic carboxylic acids is 1. The minimum absolute atomic E-state index is 0.131. The average molecular weight is 346 g/mol. The van der Waals surface area contributed by atoms with Crippen LogP contribution in [0.4, 0.5) is 0 Å². The summed E-state index contributed by atoms with van der Waals surface area (Å²) >= 11 is 0. The number of aliphatic hydroxyl groups is 1. The lowest BCUT2D eigenvalue weighted by Crippen LogP contribution is -2.55. The van der Waals surface area contributed by atoms with Crippen LogP contribution in [0.15, 0.2) is 11.6 Å². The zero-order chi connectivity index (χ0) is 18.0. The third-order valence-corrected chi connectivity index (χ3v) is 8.73. The van der Waals surface area contributed by atoms with Crippen molar-refractivity contribution in [3.8, 4) is 0 Å². The van der Waals surface area contributed by atoms with E-state index in [2.05, 4.69) is 13.8 Å². The molecule has 0 aromatic heterocycles. The van der Waals surface area contributed by atoms with E-state index >= 15 is 0 Å². The highest BCUT2D eigenvalue weighted by molar-refractivity contribution is 5.91. The molecular weight excluding hydrogens is 316 g/mol. The monoisotopic (exact) mass is 346 g/mol. The Labute approximate surface area is 149 Å². The first-order chi connectivity index (χ1) is 11.7. The van der Waals surface area contributed by atoms with Crippen LogP contribution in [0.25, 0.3) is 0 Å². The summed E-state index contributed by atoms with van der Waals surface area (Å²) in [5.41, 5.74) is 0.140. The fourth-order valence-electron chi connectivity index (χ4n) is 7.21. The van der Waals surface area contributed by atoms with Crippen LogP contribution >= 0.6 is 0 Å².